The molecule has 0 saturated carbocycles. The molecule has 0 unspecified atom stereocenters. The molecular formula is C20H26N2O2. The van der Waals surface area contributed by atoms with Crippen molar-refractivity contribution in [1.82, 2.24) is 10.2 Å². The molecule has 4 heteroatoms. The Balaban J connectivity index is 1.90. The summed E-state index contributed by atoms with van der Waals surface area (Å²) in [6.07, 6.45) is 0. The fourth-order valence-electron chi connectivity index (χ4n) is 2.71. The van der Waals surface area contributed by atoms with Gasteiger partial charge in [-0.15, -0.1) is 0 Å². The fourth-order valence-corrected chi connectivity index (χ4v) is 2.71. The first-order chi connectivity index (χ1) is 11.6. The van der Waals surface area contributed by atoms with Crippen molar-refractivity contribution in [2.45, 2.75) is 33.5 Å². The molecule has 0 aliphatic rings. The van der Waals surface area contributed by atoms with Crippen LogP contribution in [-0.4, -0.2) is 29.1 Å². The molecule has 4 nitrogen and oxygen atoms in total. The predicted molar refractivity (Wildman–Crippen MR) is 97.0 cm³/mol. The average molecular weight is 326 g/mol. The standard InChI is InChI=1S/C20H26N2O2/c1-3-22(4-2)15-18-9-5-7-16(11-18)13-21-14-17-8-6-10-19(12-17)20(23)24/h5-12,21H,3-4,13-15H2,1-2H3,(H,23,24). The SMILES string of the molecule is CCN(CC)Cc1cccc(CNCc2cccc(C(=O)O)c2)c1. The van der Waals surface area contributed by atoms with Crippen LogP contribution in [-0.2, 0) is 19.6 Å². The topological polar surface area (TPSA) is 52.6 Å². The van der Waals surface area contributed by atoms with Crippen LogP contribution in [0.1, 0.15) is 40.9 Å². The number of nitrogens with zero attached hydrogens (tertiary/aromatic N) is 1. The van der Waals surface area contributed by atoms with Gasteiger partial charge in [0.15, 0.2) is 0 Å². The van der Waals surface area contributed by atoms with Gasteiger partial charge in [-0.3, -0.25) is 4.90 Å². The van der Waals surface area contributed by atoms with E-state index >= 15 is 0 Å². The van der Waals surface area contributed by atoms with Crippen LogP contribution in [0.3, 0.4) is 0 Å². The van der Waals surface area contributed by atoms with Gasteiger partial charge in [-0.1, -0.05) is 50.2 Å². The zero-order valence-corrected chi connectivity index (χ0v) is 14.5. The highest BCUT2D eigenvalue weighted by Gasteiger charge is 2.04. The summed E-state index contributed by atoms with van der Waals surface area (Å²) >= 11 is 0. The van der Waals surface area contributed by atoms with Gasteiger partial charge in [0.1, 0.15) is 0 Å². The molecule has 0 aliphatic heterocycles. The number of nitrogens with one attached hydrogen (secondary N) is 1. The van der Waals surface area contributed by atoms with Gasteiger partial charge in [0.2, 0.25) is 0 Å². The summed E-state index contributed by atoms with van der Waals surface area (Å²) in [5, 5.41) is 12.4. The van der Waals surface area contributed by atoms with E-state index in [-0.39, 0.29) is 0 Å². The summed E-state index contributed by atoms with van der Waals surface area (Å²) in [4.78, 5) is 13.4. The Kier molecular flexibility index (Phi) is 6.97. The molecule has 128 valence electrons. The molecule has 0 radical (unpaired) electrons. The monoisotopic (exact) mass is 326 g/mol. The van der Waals surface area contributed by atoms with Crippen LogP contribution < -0.4 is 5.32 Å². The van der Waals surface area contributed by atoms with E-state index in [0.29, 0.717) is 12.1 Å². The Morgan fingerprint density at radius 1 is 0.958 bits per heavy atom. The van der Waals surface area contributed by atoms with Gasteiger partial charge >= 0.3 is 5.97 Å². The second kappa shape index (κ2) is 9.21. The average Bonchev–Trinajstić information content (AvgIpc) is 2.60. The molecule has 0 amide bonds. The third-order valence-corrected chi connectivity index (χ3v) is 4.12. The highest BCUT2D eigenvalue weighted by Crippen LogP contribution is 2.09. The number of carbonyl (C=O) groups is 1. The van der Waals surface area contributed by atoms with Crippen molar-refractivity contribution in [3.05, 3.63) is 70.8 Å². The maximum atomic E-state index is 11.0. The van der Waals surface area contributed by atoms with Crippen molar-refractivity contribution < 1.29 is 9.90 Å². The number of carboxylic acids is 1. The molecule has 2 N–H and O–H groups in total. The van der Waals surface area contributed by atoms with Gasteiger partial charge < -0.3 is 10.4 Å². The molecular weight excluding hydrogens is 300 g/mol. The lowest BCUT2D eigenvalue weighted by Gasteiger charge is -2.18. The molecule has 0 bridgehead atoms. The van der Waals surface area contributed by atoms with Crippen molar-refractivity contribution in [2.24, 2.45) is 0 Å². The normalized spacial score (nSPS) is 11.0. The van der Waals surface area contributed by atoms with E-state index in [4.69, 9.17) is 5.11 Å². The fraction of sp³-hybridized carbons (Fsp3) is 0.350. The lowest BCUT2D eigenvalue weighted by molar-refractivity contribution is 0.0696. The van der Waals surface area contributed by atoms with Gasteiger partial charge in [-0.25, -0.2) is 4.79 Å². The number of hydrogen-bond acceptors (Lipinski definition) is 3. The van der Waals surface area contributed by atoms with Crippen LogP contribution in [0, 0.1) is 0 Å². The first kappa shape index (κ1) is 18.2. The smallest absolute Gasteiger partial charge is 0.335 e. The molecule has 0 saturated heterocycles. The first-order valence-electron chi connectivity index (χ1n) is 8.45. The Morgan fingerprint density at radius 2 is 1.54 bits per heavy atom. The zero-order valence-electron chi connectivity index (χ0n) is 14.5. The molecule has 0 heterocycles. The number of hydrogen-bond donors (Lipinski definition) is 2. The highest BCUT2D eigenvalue weighted by molar-refractivity contribution is 5.87. The van der Waals surface area contributed by atoms with E-state index in [1.54, 1.807) is 18.2 Å². The summed E-state index contributed by atoms with van der Waals surface area (Å²) in [6.45, 7) is 8.87. The largest absolute Gasteiger partial charge is 0.478 e. The van der Waals surface area contributed by atoms with Gasteiger partial charge in [-0.05, 0) is 41.9 Å². The summed E-state index contributed by atoms with van der Waals surface area (Å²) in [7, 11) is 0. The molecule has 2 aromatic carbocycles. The molecule has 0 aromatic heterocycles. The molecule has 0 atom stereocenters. The molecule has 2 rings (SSSR count). The zero-order chi connectivity index (χ0) is 17.4. The van der Waals surface area contributed by atoms with Gasteiger partial charge in [0.05, 0.1) is 5.56 Å². The lowest BCUT2D eigenvalue weighted by Crippen LogP contribution is -2.22. The minimum atomic E-state index is -0.888. The Bertz CT molecular complexity index is 666. The first-order valence-corrected chi connectivity index (χ1v) is 8.45. The van der Waals surface area contributed by atoms with Crippen LogP contribution >= 0.6 is 0 Å². The second-order valence-corrected chi connectivity index (χ2v) is 5.89. The van der Waals surface area contributed by atoms with Gasteiger partial charge in [0, 0.05) is 19.6 Å². The van der Waals surface area contributed by atoms with Gasteiger partial charge in [-0.2, -0.15) is 0 Å². The van der Waals surface area contributed by atoms with Crippen molar-refractivity contribution in [2.75, 3.05) is 13.1 Å². The summed E-state index contributed by atoms with van der Waals surface area (Å²) < 4.78 is 0. The van der Waals surface area contributed by atoms with E-state index in [9.17, 15) is 4.79 Å². The van der Waals surface area contributed by atoms with Gasteiger partial charge in [0.25, 0.3) is 0 Å². The van der Waals surface area contributed by atoms with Crippen molar-refractivity contribution in [3.63, 3.8) is 0 Å². The molecule has 0 aliphatic carbocycles. The summed E-state index contributed by atoms with van der Waals surface area (Å²) in [5.74, 6) is -0.888. The highest BCUT2D eigenvalue weighted by atomic mass is 16.4. The number of carboxylic acid groups (broad SMARTS) is 1. The molecule has 24 heavy (non-hydrogen) atoms. The van der Waals surface area contributed by atoms with Crippen LogP contribution in [0.15, 0.2) is 48.5 Å². The Labute approximate surface area is 144 Å². The molecule has 0 spiro atoms. The maximum absolute atomic E-state index is 11.0. The van der Waals surface area contributed by atoms with Crippen molar-refractivity contribution >= 4 is 5.97 Å². The van der Waals surface area contributed by atoms with E-state index in [0.717, 1.165) is 31.7 Å². The van der Waals surface area contributed by atoms with Crippen molar-refractivity contribution in [1.29, 1.82) is 0 Å². The number of rotatable bonds is 9. The van der Waals surface area contributed by atoms with Crippen LogP contribution in [0.5, 0.6) is 0 Å². The van der Waals surface area contributed by atoms with Crippen molar-refractivity contribution in [3.8, 4) is 0 Å². The number of aromatic carboxylic acids is 1. The van der Waals surface area contributed by atoms with Crippen LogP contribution in [0.4, 0.5) is 0 Å². The minimum absolute atomic E-state index is 0.329. The van der Waals surface area contributed by atoms with E-state index < -0.39 is 5.97 Å². The minimum Gasteiger partial charge on any atom is -0.478 e. The third kappa shape index (κ3) is 5.48. The lowest BCUT2D eigenvalue weighted by atomic mass is 10.1. The Morgan fingerprint density at radius 3 is 2.17 bits per heavy atom. The molecule has 0 fully saturated rings. The van der Waals surface area contributed by atoms with Crippen LogP contribution in [0.2, 0.25) is 0 Å². The second-order valence-electron chi connectivity index (χ2n) is 5.89. The van der Waals surface area contributed by atoms with E-state index in [2.05, 4.69) is 48.3 Å². The van der Waals surface area contributed by atoms with Crippen LogP contribution in [0.25, 0.3) is 0 Å². The van der Waals surface area contributed by atoms with E-state index in [1.165, 1.54) is 11.1 Å². The third-order valence-electron chi connectivity index (χ3n) is 4.12. The van der Waals surface area contributed by atoms with E-state index in [1.807, 2.05) is 6.07 Å². The number of benzene rings is 2. The predicted octanol–water partition coefficient (Wildman–Crippen LogP) is 3.52. The quantitative estimate of drug-likeness (QED) is 0.740. The Hall–Kier alpha value is -2.17. The molecule has 2 aromatic rings. The summed E-state index contributed by atoms with van der Waals surface area (Å²) in [5.41, 5.74) is 3.88. The summed E-state index contributed by atoms with van der Waals surface area (Å²) in [6, 6.07) is 15.7. The maximum Gasteiger partial charge on any atom is 0.335 e.